The molecule has 2 fully saturated rings. The zero-order chi connectivity index (χ0) is 8.77. The molecule has 1 saturated carbocycles. The van der Waals surface area contributed by atoms with E-state index in [0.717, 1.165) is 12.8 Å². The first-order valence-electron chi connectivity index (χ1n) is 3.99. The van der Waals surface area contributed by atoms with E-state index < -0.39 is 10.2 Å². The SMILES string of the molecule is O=S1(=O)N(CI)CCN1C1CC1. The summed E-state index contributed by atoms with van der Waals surface area (Å²) in [4.78, 5) is 0. The van der Waals surface area contributed by atoms with E-state index in [1.807, 2.05) is 0 Å². The topological polar surface area (TPSA) is 40.6 Å². The number of halogens is 1. The highest BCUT2D eigenvalue weighted by atomic mass is 127. The van der Waals surface area contributed by atoms with Crippen molar-refractivity contribution >= 4 is 32.8 Å². The molecule has 2 rings (SSSR count). The van der Waals surface area contributed by atoms with Crippen molar-refractivity contribution in [1.82, 2.24) is 8.61 Å². The van der Waals surface area contributed by atoms with Gasteiger partial charge < -0.3 is 0 Å². The first-order valence-corrected chi connectivity index (χ1v) is 6.91. The maximum Gasteiger partial charge on any atom is 0.283 e. The summed E-state index contributed by atoms with van der Waals surface area (Å²) >= 11 is 2.09. The number of alkyl halides is 1. The lowest BCUT2D eigenvalue weighted by Crippen LogP contribution is -2.33. The molecule has 0 amide bonds. The van der Waals surface area contributed by atoms with E-state index in [2.05, 4.69) is 22.6 Å². The Balaban J connectivity index is 2.19. The van der Waals surface area contributed by atoms with Gasteiger partial charge in [0, 0.05) is 19.1 Å². The zero-order valence-electron chi connectivity index (χ0n) is 6.61. The molecule has 6 heteroatoms. The van der Waals surface area contributed by atoms with Crippen LogP contribution in [0, 0.1) is 0 Å². The van der Waals surface area contributed by atoms with Crippen molar-refractivity contribution in [3.8, 4) is 0 Å². The zero-order valence-corrected chi connectivity index (χ0v) is 9.58. The third-order valence-corrected chi connectivity index (χ3v) is 5.60. The fraction of sp³-hybridized carbons (Fsp3) is 1.00. The second kappa shape index (κ2) is 3.07. The maximum absolute atomic E-state index is 11.7. The van der Waals surface area contributed by atoms with Crippen molar-refractivity contribution in [2.45, 2.75) is 18.9 Å². The molecule has 0 bridgehead atoms. The van der Waals surface area contributed by atoms with Crippen molar-refractivity contribution in [2.24, 2.45) is 0 Å². The van der Waals surface area contributed by atoms with Crippen LogP contribution >= 0.6 is 22.6 Å². The van der Waals surface area contributed by atoms with Crippen LogP contribution in [0.1, 0.15) is 12.8 Å². The van der Waals surface area contributed by atoms with Gasteiger partial charge in [-0.05, 0) is 12.8 Å². The molecule has 0 atom stereocenters. The molecule has 12 heavy (non-hydrogen) atoms. The average Bonchev–Trinajstić information content (AvgIpc) is 2.76. The van der Waals surface area contributed by atoms with Crippen molar-refractivity contribution in [1.29, 1.82) is 0 Å². The minimum atomic E-state index is -3.06. The van der Waals surface area contributed by atoms with Crippen LogP contribution in [-0.2, 0) is 10.2 Å². The van der Waals surface area contributed by atoms with Gasteiger partial charge in [-0.15, -0.1) is 0 Å². The van der Waals surface area contributed by atoms with E-state index >= 15 is 0 Å². The predicted octanol–water partition coefficient (Wildman–Crippen LogP) is 0.404. The molecule has 4 nitrogen and oxygen atoms in total. The van der Waals surface area contributed by atoms with Crippen molar-refractivity contribution in [2.75, 3.05) is 17.6 Å². The molecular formula is C6H11IN2O2S. The fourth-order valence-corrected chi connectivity index (χ4v) is 4.47. The smallest absolute Gasteiger partial charge is 0.195 e. The molecule has 0 radical (unpaired) electrons. The normalized spacial score (nSPS) is 31.1. The summed E-state index contributed by atoms with van der Waals surface area (Å²) in [6.45, 7) is 1.36. The Morgan fingerprint density at radius 1 is 1.33 bits per heavy atom. The largest absolute Gasteiger partial charge is 0.283 e. The van der Waals surface area contributed by atoms with Crippen molar-refractivity contribution < 1.29 is 8.42 Å². The van der Waals surface area contributed by atoms with Gasteiger partial charge in [-0.1, -0.05) is 22.6 Å². The fourth-order valence-electron chi connectivity index (χ4n) is 1.44. The lowest BCUT2D eigenvalue weighted by Gasteiger charge is -2.15. The summed E-state index contributed by atoms with van der Waals surface area (Å²) in [6.07, 6.45) is 2.10. The molecule has 1 heterocycles. The molecule has 0 spiro atoms. The van der Waals surface area contributed by atoms with Gasteiger partial charge in [0.2, 0.25) is 0 Å². The third-order valence-electron chi connectivity index (χ3n) is 2.28. The number of hydrogen-bond donors (Lipinski definition) is 0. The Morgan fingerprint density at radius 3 is 2.42 bits per heavy atom. The van der Waals surface area contributed by atoms with Gasteiger partial charge in [-0.2, -0.15) is 17.0 Å². The first kappa shape index (κ1) is 9.17. The summed E-state index contributed by atoms with van der Waals surface area (Å²) in [5.41, 5.74) is 0. The Bertz CT molecular complexity index is 275. The van der Waals surface area contributed by atoms with Gasteiger partial charge in [0.1, 0.15) is 0 Å². The van der Waals surface area contributed by atoms with Gasteiger partial charge >= 0.3 is 0 Å². The lowest BCUT2D eigenvalue weighted by molar-refractivity contribution is 0.442. The number of hydrogen-bond acceptors (Lipinski definition) is 2. The molecule has 0 aromatic rings. The molecule has 0 aromatic carbocycles. The minimum Gasteiger partial charge on any atom is -0.195 e. The molecule has 1 aliphatic heterocycles. The van der Waals surface area contributed by atoms with Crippen molar-refractivity contribution in [3.05, 3.63) is 0 Å². The number of rotatable bonds is 2. The van der Waals surface area contributed by atoms with Crippen LogP contribution in [0.4, 0.5) is 0 Å². The van der Waals surface area contributed by atoms with E-state index in [1.165, 1.54) is 4.31 Å². The molecule has 0 N–H and O–H groups in total. The molecule has 2 aliphatic rings. The van der Waals surface area contributed by atoms with E-state index in [-0.39, 0.29) is 0 Å². The lowest BCUT2D eigenvalue weighted by atomic mass is 10.6. The van der Waals surface area contributed by atoms with E-state index in [4.69, 9.17) is 0 Å². The first-order chi connectivity index (χ1) is 5.66. The van der Waals surface area contributed by atoms with E-state index in [0.29, 0.717) is 23.7 Å². The van der Waals surface area contributed by atoms with E-state index in [9.17, 15) is 8.42 Å². The van der Waals surface area contributed by atoms with Crippen molar-refractivity contribution in [3.63, 3.8) is 0 Å². The standard InChI is InChI=1S/C6H11IN2O2S/c7-5-8-3-4-9(6-1-2-6)12(8,10)11/h6H,1-5H2. The molecule has 0 unspecified atom stereocenters. The van der Waals surface area contributed by atoms with Gasteiger partial charge in [0.15, 0.2) is 0 Å². The van der Waals surface area contributed by atoms with Crippen LogP contribution in [0.25, 0.3) is 0 Å². The van der Waals surface area contributed by atoms with Crippen LogP contribution < -0.4 is 0 Å². The van der Waals surface area contributed by atoms with Gasteiger partial charge in [-0.25, -0.2) is 0 Å². The Morgan fingerprint density at radius 2 is 2.00 bits per heavy atom. The Kier molecular flexibility index (Phi) is 2.35. The summed E-state index contributed by atoms with van der Waals surface area (Å²) in [6, 6.07) is 0.322. The van der Waals surface area contributed by atoms with Crippen LogP contribution in [0.3, 0.4) is 0 Å². The predicted molar refractivity (Wildman–Crippen MR) is 54.2 cm³/mol. The summed E-state index contributed by atoms with van der Waals surface area (Å²) < 4.78 is 27.1. The summed E-state index contributed by atoms with van der Waals surface area (Å²) in [7, 11) is -3.06. The molecule has 1 saturated heterocycles. The van der Waals surface area contributed by atoms with Gasteiger partial charge in [-0.3, -0.25) is 0 Å². The summed E-state index contributed by atoms with van der Waals surface area (Å²) in [5.74, 6) is 0. The second-order valence-corrected chi connectivity index (χ2v) is 5.71. The number of nitrogens with zero attached hydrogens (tertiary/aromatic N) is 2. The third kappa shape index (κ3) is 1.38. The van der Waals surface area contributed by atoms with Crippen LogP contribution in [0.2, 0.25) is 0 Å². The second-order valence-electron chi connectivity index (χ2n) is 3.14. The van der Waals surface area contributed by atoms with Crippen LogP contribution in [0.15, 0.2) is 0 Å². The highest BCUT2D eigenvalue weighted by Crippen LogP contribution is 2.33. The average molecular weight is 302 g/mol. The quantitative estimate of drug-likeness (QED) is 0.421. The Hall–Kier alpha value is 0.600. The summed E-state index contributed by atoms with van der Waals surface area (Å²) in [5, 5.41) is 0. The Labute approximate surface area is 86.2 Å². The highest BCUT2D eigenvalue weighted by Gasteiger charge is 2.44. The molecule has 0 aromatic heterocycles. The van der Waals surface area contributed by atoms with Crippen LogP contribution in [-0.4, -0.2) is 40.7 Å². The van der Waals surface area contributed by atoms with Gasteiger partial charge in [0.25, 0.3) is 10.2 Å². The molecule has 70 valence electrons. The maximum atomic E-state index is 11.7. The van der Waals surface area contributed by atoms with Gasteiger partial charge in [0.05, 0.1) is 4.55 Å². The highest BCUT2D eigenvalue weighted by molar-refractivity contribution is 14.1. The monoisotopic (exact) mass is 302 g/mol. The molecule has 1 aliphatic carbocycles. The molecular weight excluding hydrogens is 291 g/mol. The minimum absolute atomic E-state index is 0.322. The van der Waals surface area contributed by atoms with Crippen LogP contribution in [0.5, 0.6) is 0 Å². The van der Waals surface area contributed by atoms with E-state index in [1.54, 1.807) is 4.31 Å².